The molecule has 1 atom stereocenters. The van der Waals surface area contributed by atoms with Gasteiger partial charge in [0, 0.05) is 17.5 Å². The number of hydrogen-bond acceptors (Lipinski definition) is 1. The minimum Gasteiger partial charge on any atom is -0.402 e. The quantitative estimate of drug-likeness (QED) is 0.575. The third-order valence-electron chi connectivity index (χ3n) is 6.90. The van der Waals surface area contributed by atoms with Gasteiger partial charge in [0.15, 0.2) is 0 Å². The fourth-order valence-corrected chi connectivity index (χ4v) is 5.97. The van der Waals surface area contributed by atoms with E-state index in [0.717, 1.165) is 12.1 Å². The summed E-state index contributed by atoms with van der Waals surface area (Å²) in [6, 6.07) is 26.8. The van der Waals surface area contributed by atoms with E-state index in [1.807, 2.05) is 0 Å². The third-order valence-corrected chi connectivity index (χ3v) is 6.90. The molecule has 1 spiro atoms. The summed E-state index contributed by atoms with van der Waals surface area (Å²) in [6.07, 6.45) is 5.30. The lowest BCUT2D eigenvalue weighted by atomic mass is 9.64. The normalized spacial score (nSPS) is 23.1. The highest BCUT2D eigenvalue weighted by Crippen LogP contribution is 2.66. The Kier molecular flexibility index (Phi) is 2.68. The SMILES string of the molecule is CC12CC(N)=CC=C1C1(c3ccccc3-c3ccccc31)c1ccccc12. The minimum absolute atomic E-state index is 0.0695. The van der Waals surface area contributed by atoms with Crippen LogP contribution in [0.4, 0.5) is 0 Å². The molecule has 0 aliphatic heterocycles. The zero-order chi connectivity index (χ0) is 18.2. The van der Waals surface area contributed by atoms with E-state index in [-0.39, 0.29) is 10.8 Å². The Morgan fingerprint density at radius 1 is 0.667 bits per heavy atom. The van der Waals surface area contributed by atoms with Crippen LogP contribution in [0.1, 0.15) is 35.6 Å². The smallest absolute Gasteiger partial charge is 0.0688 e. The van der Waals surface area contributed by atoms with E-state index in [4.69, 9.17) is 5.73 Å². The number of rotatable bonds is 0. The highest BCUT2D eigenvalue weighted by Gasteiger charge is 2.59. The van der Waals surface area contributed by atoms with E-state index in [1.165, 1.54) is 39.0 Å². The maximum Gasteiger partial charge on any atom is 0.0688 e. The topological polar surface area (TPSA) is 26.0 Å². The number of fused-ring (bicyclic) bond motifs is 10. The first-order valence-corrected chi connectivity index (χ1v) is 9.64. The second kappa shape index (κ2) is 4.80. The second-order valence-corrected chi connectivity index (χ2v) is 8.22. The molecule has 6 rings (SSSR count). The highest BCUT2D eigenvalue weighted by molar-refractivity contribution is 5.89. The van der Waals surface area contributed by atoms with Crippen molar-refractivity contribution in [1.82, 2.24) is 0 Å². The minimum atomic E-state index is -0.213. The van der Waals surface area contributed by atoms with Crippen LogP contribution in [-0.4, -0.2) is 0 Å². The first-order valence-electron chi connectivity index (χ1n) is 9.64. The van der Waals surface area contributed by atoms with Crippen molar-refractivity contribution >= 4 is 0 Å². The Labute approximate surface area is 159 Å². The molecule has 0 fully saturated rings. The standard InChI is InChI=1S/C26H21N/c1-25-16-17(27)14-15-24(25)26(23-13-7-6-12-22(23)25)20-10-4-2-8-18(20)19-9-3-5-11-21(19)26/h2-15H,16,27H2,1H3. The first kappa shape index (κ1) is 15.0. The highest BCUT2D eigenvalue weighted by atomic mass is 14.7. The lowest BCUT2D eigenvalue weighted by Crippen LogP contribution is -2.34. The molecular weight excluding hydrogens is 326 g/mol. The van der Waals surface area contributed by atoms with Gasteiger partial charge in [-0.15, -0.1) is 0 Å². The molecule has 0 saturated heterocycles. The van der Waals surface area contributed by atoms with Crippen molar-refractivity contribution in [3.05, 3.63) is 118 Å². The van der Waals surface area contributed by atoms with Crippen molar-refractivity contribution in [2.45, 2.75) is 24.2 Å². The van der Waals surface area contributed by atoms with Gasteiger partial charge < -0.3 is 5.73 Å². The van der Waals surface area contributed by atoms with Crippen LogP contribution < -0.4 is 5.73 Å². The summed E-state index contributed by atoms with van der Waals surface area (Å²) in [5.74, 6) is 0. The Morgan fingerprint density at radius 3 is 1.81 bits per heavy atom. The molecule has 0 amide bonds. The van der Waals surface area contributed by atoms with Gasteiger partial charge in [0.1, 0.15) is 0 Å². The molecule has 3 aliphatic rings. The van der Waals surface area contributed by atoms with Gasteiger partial charge in [-0.2, -0.15) is 0 Å². The van der Waals surface area contributed by atoms with Crippen LogP contribution in [0, 0.1) is 0 Å². The third kappa shape index (κ3) is 1.57. The molecule has 0 aromatic heterocycles. The van der Waals surface area contributed by atoms with E-state index in [9.17, 15) is 0 Å². The van der Waals surface area contributed by atoms with Gasteiger partial charge in [-0.25, -0.2) is 0 Å². The average molecular weight is 347 g/mol. The van der Waals surface area contributed by atoms with E-state index >= 15 is 0 Å². The maximum atomic E-state index is 6.33. The molecule has 0 bridgehead atoms. The Balaban J connectivity index is 1.84. The van der Waals surface area contributed by atoms with Gasteiger partial charge in [0.2, 0.25) is 0 Å². The number of benzene rings is 3. The van der Waals surface area contributed by atoms with Gasteiger partial charge in [0.25, 0.3) is 0 Å². The Hall–Kier alpha value is -3.06. The predicted molar refractivity (Wildman–Crippen MR) is 111 cm³/mol. The van der Waals surface area contributed by atoms with E-state index in [2.05, 4.69) is 91.9 Å². The molecule has 3 aromatic carbocycles. The average Bonchev–Trinajstić information content (AvgIpc) is 3.12. The maximum absolute atomic E-state index is 6.33. The summed E-state index contributed by atoms with van der Waals surface area (Å²) in [6.45, 7) is 2.37. The zero-order valence-electron chi connectivity index (χ0n) is 15.4. The molecule has 0 saturated carbocycles. The molecule has 1 nitrogen and oxygen atoms in total. The lowest BCUT2D eigenvalue weighted by Gasteiger charge is -2.37. The summed E-state index contributed by atoms with van der Waals surface area (Å²) in [5.41, 5.74) is 16.8. The summed E-state index contributed by atoms with van der Waals surface area (Å²) < 4.78 is 0. The van der Waals surface area contributed by atoms with E-state index < -0.39 is 0 Å². The van der Waals surface area contributed by atoms with E-state index in [1.54, 1.807) is 0 Å². The van der Waals surface area contributed by atoms with Gasteiger partial charge in [-0.1, -0.05) is 85.8 Å². The van der Waals surface area contributed by atoms with Crippen LogP contribution in [0.15, 0.2) is 96.2 Å². The predicted octanol–water partition coefficient (Wildman–Crippen LogP) is 5.45. The summed E-state index contributed by atoms with van der Waals surface area (Å²) in [4.78, 5) is 0. The molecule has 0 heterocycles. The zero-order valence-corrected chi connectivity index (χ0v) is 15.4. The molecule has 130 valence electrons. The molecule has 27 heavy (non-hydrogen) atoms. The number of hydrogen-bond donors (Lipinski definition) is 1. The molecule has 1 heteroatoms. The fourth-order valence-electron chi connectivity index (χ4n) is 5.97. The van der Waals surface area contributed by atoms with Crippen molar-refractivity contribution in [3.63, 3.8) is 0 Å². The Morgan fingerprint density at radius 2 is 1.19 bits per heavy atom. The van der Waals surface area contributed by atoms with Crippen molar-refractivity contribution < 1.29 is 0 Å². The molecule has 0 radical (unpaired) electrons. The number of allylic oxidation sites excluding steroid dienone is 4. The van der Waals surface area contributed by atoms with Crippen molar-refractivity contribution in [2.75, 3.05) is 0 Å². The monoisotopic (exact) mass is 347 g/mol. The largest absolute Gasteiger partial charge is 0.402 e. The van der Waals surface area contributed by atoms with Gasteiger partial charge >= 0.3 is 0 Å². The van der Waals surface area contributed by atoms with Crippen molar-refractivity contribution in [1.29, 1.82) is 0 Å². The lowest BCUT2D eigenvalue weighted by molar-refractivity contribution is 0.527. The fraction of sp³-hybridized carbons (Fsp3) is 0.154. The summed E-state index contributed by atoms with van der Waals surface area (Å²) in [5, 5.41) is 0. The van der Waals surface area contributed by atoms with Crippen LogP contribution in [-0.2, 0) is 10.8 Å². The van der Waals surface area contributed by atoms with Gasteiger partial charge in [0.05, 0.1) is 5.41 Å². The summed E-state index contributed by atoms with van der Waals surface area (Å²) >= 11 is 0. The molecule has 2 N–H and O–H groups in total. The molecule has 1 unspecified atom stereocenters. The number of nitrogens with two attached hydrogens (primary N) is 1. The molecular formula is C26H21N. The van der Waals surface area contributed by atoms with Crippen LogP contribution in [0.5, 0.6) is 0 Å². The Bertz CT molecular complexity index is 1130. The van der Waals surface area contributed by atoms with Crippen LogP contribution in [0.25, 0.3) is 11.1 Å². The molecule has 3 aliphatic carbocycles. The van der Waals surface area contributed by atoms with Crippen LogP contribution in [0.2, 0.25) is 0 Å². The first-order chi connectivity index (χ1) is 13.2. The van der Waals surface area contributed by atoms with Crippen LogP contribution in [0.3, 0.4) is 0 Å². The molecule has 3 aromatic rings. The van der Waals surface area contributed by atoms with E-state index in [0.29, 0.717) is 0 Å². The van der Waals surface area contributed by atoms with Crippen molar-refractivity contribution in [2.24, 2.45) is 5.73 Å². The van der Waals surface area contributed by atoms with Gasteiger partial charge in [-0.05, 0) is 45.0 Å². The van der Waals surface area contributed by atoms with Gasteiger partial charge in [-0.3, -0.25) is 0 Å². The summed E-state index contributed by atoms with van der Waals surface area (Å²) in [7, 11) is 0. The second-order valence-electron chi connectivity index (χ2n) is 8.22. The van der Waals surface area contributed by atoms with Crippen LogP contribution >= 0.6 is 0 Å². The van der Waals surface area contributed by atoms with Crippen molar-refractivity contribution in [3.8, 4) is 11.1 Å².